The summed E-state index contributed by atoms with van der Waals surface area (Å²) in [7, 11) is 0. The van der Waals surface area contributed by atoms with Gasteiger partial charge in [-0.2, -0.15) is 0 Å². The van der Waals surface area contributed by atoms with Crippen molar-refractivity contribution < 1.29 is 4.79 Å². The molecular weight excluding hydrogens is 322 g/mol. The zero-order valence-corrected chi connectivity index (χ0v) is 15.2. The number of urea groups is 1. The van der Waals surface area contributed by atoms with Crippen LogP contribution in [0, 0.1) is 0 Å². The van der Waals surface area contributed by atoms with Crippen LogP contribution in [0.5, 0.6) is 0 Å². The molecule has 2 amide bonds. The van der Waals surface area contributed by atoms with Crippen LogP contribution in [0.25, 0.3) is 0 Å². The van der Waals surface area contributed by atoms with Crippen LogP contribution in [0.1, 0.15) is 48.0 Å². The summed E-state index contributed by atoms with van der Waals surface area (Å²) >= 11 is 0. The van der Waals surface area contributed by atoms with E-state index in [0.717, 1.165) is 25.9 Å². The summed E-state index contributed by atoms with van der Waals surface area (Å²) in [5.74, 6) is 0. The van der Waals surface area contributed by atoms with Crippen molar-refractivity contribution in [2.24, 2.45) is 0 Å². The first-order valence-corrected chi connectivity index (χ1v) is 9.72. The van der Waals surface area contributed by atoms with Crippen LogP contribution in [-0.4, -0.2) is 30.6 Å². The average Bonchev–Trinajstić information content (AvgIpc) is 3.34. The van der Waals surface area contributed by atoms with Crippen molar-refractivity contribution in [3.05, 3.63) is 71.3 Å². The number of hydrogen-bond donors (Lipinski definition) is 2. The molecule has 0 aromatic heterocycles. The molecule has 2 aromatic rings. The lowest BCUT2D eigenvalue weighted by Crippen LogP contribution is -2.42. The SMILES string of the molecule is O=C(NCC(c1ccccc1)N1CCCC1)NC1CCc2ccccc21. The van der Waals surface area contributed by atoms with Gasteiger partial charge >= 0.3 is 6.03 Å². The Labute approximate surface area is 155 Å². The third kappa shape index (κ3) is 3.75. The molecule has 4 rings (SSSR count). The van der Waals surface area contributed by atoms with Gasteiger partial charge in [-0.15, -0.1) is 0 Å². The van der Waals surface area contributed by atoms with Gasteiger partial charge in [0, 0.05) is 6.54 Å². The van der Waals surface area contributed by atoms with E-state index in [0.29, 0.717) is 6.54 Å². The lowest BCUT2D eigenvalue weighted by Gasteiger charge is -2.28. The highest BCUT2D eigenvalue weighted by molar-refractivity contribution is 5.74. The molecule has 0 spiro atoms. The standard InChI is InChI=1S/C22H27N3O/c26-22(24-20-13-12-17-8-4-5-11-19(17)20)23-16-21(25-14-6-7-15-25)18-9-2-1-3-10-18/h1-5,8-11,20-21H,6-7,12-16H2,(H2,23,24,26). The maximum absolute atomic E-state index is 12.5. The Morgan fingerprint density at radius 1 is 1.04 bits per heavy atom. The van der Waals surface area contributed by atoms with Gasteiger partial charge in [-0.05, 0) is 55.5 Å². The summed E-state index contributed by atoms with van der Waals surface area (Å²) in [4.78, 5) is 15.0. The molecule has 4 heteroatoms. The summed E-state index contributed by atoms with van der Waals surface area (Å²) in [6.07, 6.45) is 4.52. The smallest absolute Gasteiger partial charge is 0.315 e. The molecule has 136 valence electrons. The molecule has 2 aliphatic rings. The predicted octanol–water partition coefficient (Wildman–Crippen LogP) is 3.81. The summed E-state index contributed by atoms with van der Waals surface area (Å²) < 4.78 is 0. The average molecular weight is 349 g/mol. The second kappa shape index (κ2) is 7.92. The molecule has 1 heterocycles. The highest BCUT2D eigenvalue weighted by Gasteiger charge is 2.26. The number of carbonyl (C=O) groups excluding carboxylic acids is 1. The number of amides is 2. The number of hydrogen-bond acceptors (Lipinski definition) is 2. The molecule has 1 fully saturated rings. The molecule has 2 unspecified atom stereocenters. The van der Waals surface area contributed by atoms with Crippen LogP contribution in [0.15, 0.2) is 54.6 Å². The summed E-state index contributed by atoms with van der Waals surface area (Å²) in [5.41, 5.74) is 3.90. The Morgan fingerprint density at radius 2 is 1.77 bits per heavy atom. The molecule has 0 radical (unpaired) electrons. The van der Waals surface area contributed by atoms with Gasteiger partial charge in [0.2, 0.25) is 0 Å². The van der Waals surface area contributed by atoms with Crippen molar-refractivity contribution in [2.75, 3.05) is 19.6 Å². The first kappa shape index (κ1) is 17.1. The van der Waals surface area contributed by atoms with Gasteiger partial charge in [0.05, 0.1) is 12.1 Å². The van der Waals surface area contributed by atoms with Gasteiger partial charge in [-0.3, -0.25) is 4.90 Å². The molecule has 2 aromatic carbocycles. The van der Waals surface area contributed by atoms with E-state index in [1.165, 1.54) is 29.5 Å². The molecule has 2 N–H and O–H groups in total. The minimum Gasteiger partial charge on any atom is -0.336 e. The molecule has 26 heavy (non-hydrogen) atoms. The molecule has 1 aliphatic heterocycles. The Bertz CT molecular complexity index is 740. The fourth-order valence-electron chi connectivity index (χ4n) is 4.29. The Hall–Kier alpha value is -2.33. The molecular formula is C22H27N3O. The number of aryl methyl sites for hydroxylation is 1. The largest absolute Gasteiger partial charge is 0.336 e. The fourth-order valence-corrected chi connectivity index (χ4v) is 4.29. The maximum atomic E-state index is 12.5. The highest BCUT2D eigenvalue weighted by Crippen LogP contribution is 2.30. The molecule has 0 bridgehead atoms. The topological polar surface area (TPSA) is 44.4 Å². The van der Waals surface area contributed by atoms with Gasteiger partial charge in [0.15, 0.2) is 0 Å². The Kier molecular flexibility index (Phi) is 5.21. The van der Waals surface area contributed by atoms with Crippen LogP contribution in [0.2, 0.25) is 0 Å². The van der Waals surface area contributed by atoms with Crippen molar-refractivity contribution in [2.45, 2.75) is 37.8 Å². The number of benzene rings is 2. The second-order valence-electron chi connectivity index (χ2n) is 7.31. The van der Waals surface area contributed by atoms with Crippen molar-refractivity contribution >= 4 is 6.03 Å². The third-order valence-electron chi connectivity index (χ3n) is 5.66. The molecule has 0 saturated carbocycles. The Balaban J connectivity index is 1.37. The first-order valence-electron chi connectivity index (χ1n) is 9.72. The fraction of sp³-hybridized carbons (Fsp3) is 0.409. The number of nitrogens with one attached hydrogen (secondary N) is 2. The van der Waals surface area contributed by atoms with Crippen molar-refractivity contribution in [3.8, 4) is 0 Å². The van der Waals surface area contributed by atoms with E-state index in [-0.39, 0.29) is 18.1 Å². The van der Waals surface area contributed by atoms with Crippen molar-refractivity contribution in [3.63, 3.8) is 0 Å². The predicted molar refractivity (Wildman–Crippen MR) is 104 cm³/mol. The number of carbonyl (C=O) groups is 1. The molecule has 2 atom stereocenters. The molecule has 4 nitrogen and oxygen atoms in total. The molecule has 1 aliphatic carbocycles. The summed E-state index contributed by atoms with van der Waals surface area (Å²) in [6.45, 7) is 2.86. The normalized spacial score (nSPS) is 20.5. The Morgan fingerprint density at radius 3 is 2.58 bits per heavy atom. The highest BCUT2D eigenvalue weighted by atomic mass is 16.2. The first-order chi connectivity index (χ1) is 12.8. The van der Waals surface area contributed by atoms with Crippen LogP contribution in [0.3, 0.4) is 0 Å². The van der Waals surface area contributed by atoms with E-state index in [4.69, 9.17) is 0 Å². The minimum atomic E-state index is -0.0631. The number of nitrogens with zero attached hydrogens (tertiary/aromatic N) is 1. The van der Waals surface area contributed by atoms with Gasteiger partial charge in [-0.25, -0.2) is 4.79 Å². The quantitative estimate of drug-likeness (QED) is 0.862. The number of fused-ring (bicyclic) bond motifs is 1. The van der Waals surface area contributed by atoms with E-state index < -0.39 is 0 Å². The number of likely N-dealkylation sites (tertiary alicyclic amines) is 1. The third-order valence-corrected chi connectivity index (χ3v) is 5.66. The van der Waals surface area contributed by atoms with E-state index in [1.807, 2.05) is 6.07 Å². The van der Waals surface area contributed by atoms with E-state index in [9.17, 15) is 4.79 Å². The van der Waals surface area contributed by atoms with E-state index in [1.54, 1.807) is 0 Å². The number of rotatable bonds is 5. The van der Waals surface area contributed by atoms with Crippen molar-refractivity contribution in [1.29, 1.82) is 0 Å². The summed E-state index contributed by atoms with van der Waals surface area (Å²) in [5, 5.41) is 6.29. The van der Waals surface area contributed by atoms with E-state index >= 15 is 0 Å². The zero-order valence-electron chi connectivity index (χ0n) is 15.2. The van der Waals surface area contributed by atoms with Crippen LogP contribution in [0.4, 0.5) is 4.79 Å². The van der Waals surface area contributed by atoms with Gasteiger partial charge in [0.25, 0.3) is 0 Å². The van der Waals surface area contributed by atoms with Crippen LogP contribution < -0.4 is 10.6 Å². The van der Waals surface area contributed by atoms with E-state index in [2.05, 4.69) is 64.1 Å². The molecule has 1 saturated heterocycles. The van der Waals surface area contributed by atoms with Gasteiger partial charge in [-0.1, -0.05) is 54.6 Å². The van der Waals surface area contributed by atoms with Crippen LogP contribution >= 0.6 is 0 Å². The minimum absolute atomic E-state index is 0.0631. The van der Waals surface area contributed by atoms with Crippen LogP contribution in [-0.2, 0) is 6.42 Å². The van der Waals surface area contributed by atoms with Gasteiger partial charge < -0.3 is 10.6 Å². The lowest BCUT2D eigenvalue weighted by atomic mass is 10.1. The monoisotopic (exact) mass is 349 g/mol. The maximum Gasteiger partial charge on any atom is 0.315 e. The lowest BCUT2D eigenvalue weighted by molar-refractivity contribution is 0.218. The van der Waals surface area contributed by atoms with Gasteiger partial charge in [0.1, 0.15) is 0 Å². The second-order valence-corrected chi connectivity index (χ2v) is 7.31. The van der Waals surface area contributed by atoms with Crippen molar-refractivity contribution in [1.82, 2.24) is 15.5 Å². The zero-order chi connectivity index (χ0) is 17.8. The summed E-state index contributed by atoms with van der Waals surface area (Å²) in [6, 6.07) is 19.3.